The second-order valence-electron chi connectivity index (χ2n) is 6.71. The van der Waals surface area contributed by atoms with E-state index in [1.165, 1.54) is 11.1 Å². The number of aliphatic hydroxyl groups excluding tert-OH is 1. The predicted octanol–water partition coefficient (Wildman–Crippen LogP) is 3.92. The third-order valence-electron chi connectivity index (χ3n) is 4.31. The fourth-order valence-electron chi connectivity index (χ4n) is 2.77. The molecular weight excluding hydrogens is 302 g/mol. The zero-order chi connectivity index (χ0) is 17.4. The quantitative estimate of drug-likeness (QED) is 0.522. The van der Waals surface area contributed by atoms with Crippen molar-refractivity contribution in [3.63, 3.8) is 0 Å². The van der Waals surface area contributed by atoms with Crippen molar-refractivity contribution in [2.75, 3.05) is 19.8 Å². The molecule has 1 aliphatic rings. The van der Waals surface area contributed by atoms with Crippen LogP contribution in [-0.4, -0.2) is 36.4 Å². The van der Waals surface area contributed by atoms with Gasteiger partial charge in [-0.1, -0.05) is 17.7 Å². The lowest BCUT2D eigenvalue weighted by Crippen LogP contribution is -2.33. The number of nitrogens with zero attached hydrogens (tertiary/aromatic N) is 1. The Kier molecular flexibility index (Phi) is 6.85. The van der Waals surface area contributed by atoms with Crippen molar-refractivity contribution in [3.05, 3.63) is 42.0 Å². The lowest BCUT2D eigenvalue weighted by molar-refractivity contribution is 0.150. The monoisotopic (exact) mass is 331 g/mol. The van der Waals surface area contributed by atoms with Crippen LogP contribution in [-0.2, 0) is 11.2 Å². The molecule has 0 fully saturated rings. The molecule has 0 spiro atoms. The van der Waals surface area contributed by atoms with Crippen LogP contribution in [0.2, 0.25) is 0 Å². The van der Waals surface area contributed by atoms with E-state index in [0.29, 0.717) is 12.5 Å². The molecule has 0 amide bonds. The van der Waals surface area contributed by atoms with Crippen molar-refractivity contribution in [1.29, 1.82) is 0 Å². The molecule has 132 valence electrons. The molecule has 0 saturated carbocycles. The van der Waals surface area contributed by atoms with Crippen molar-refractivity contribution >= 4 is 5.90 Å². The Morgan fingerprint density at radius 3 is 2.67 bits per heavy atom. The van der Waals surface area contributed by atoms with Crippen LogP contribution in [0.25, 0.3) is 0 Å². The van der Waals surface area contributed by atoms with Crippen molar-refractivity contribution in [1.82, 2.24) is 0 Å². The highest BCUT2D eigenvalue weighted by atomic mass is 16.5. The van der Waals surface area contributed by atoms with Crippen LogP contribution in [0.1, 0.15) is 45.1 Å². The number of hydrogen-bond acceptors (Lipinski definition) is 4. The van der Waals surface area contributed by atoms with E-state index in [-0.39, 0.29) is 6.61 Å². The fraction of sp³-hybridized carbons (Fsp3) is 0.550. The number of hydrogen-bond donors (Lipinski definition) is 1. The van der Waals surface area contributed by atoms with Gasteiger partial charge in [0.05, 0.1) is 13.2 Å². The SMILES string of the molecule is C=C(C)CCCCOc1ccc(CCC2(CO)COC(C)=N2)cc1. The molecule has 0 saturated heterocycles. The zero-order valence-corrected chi connectivity index (χ0v) is 14.9. The summed E-state index contributed by atoms with van der Waals surface area (Å²) >= 11 is 0. The molecule has 24 heavy (non-hydrogen) atoms. The van der Waals surface area contributed by atoms with Gasteiger partial charge in [-0.15, -0.1) is 6.58 Å². The van der Waals surface area contributed by atoms with Gasteiger partial charge in [0, 0.05) is 6.92 Å². The smallest absolute Gasteiger partial charge is 0.180 e. The summed E-state index contributed by atoms with van der Waals surface area (Å²) in [6.07, 6.45) is 4.88. The topological polar surface area (TPSA) is 51.0 Å². The van der Waals surface area contributed by atoms with Crippen LogP contribution in [0.5, 0.6) is 5.75 Å². The number of aliphatic hydroxyl groups is 1. The van der Waals surface area contributed by atoms with Gasteiger partial charge in [0.15, 0.2) is 5.90 Å². The number of ether oxygens (including phenoxy) is 2. The minimum atomic E-state index is -0.470. The van der Waals surface area contributed by atoms with Crippen molar-refractivity contribution in [2.24, 2.45) is 4.99 Å². The Balaban J connectivity index is 1.75. The van der Waals surface area contributed by atoms with Crippen LogP contribution >= 0.6 is 0 Å². The lowest BCUT2D eigenvalue weighted by atomic mass is 9.94. The summed E-state index contributed by atoms with van der Waals surface area (Å²) in [4.78, 5) is 4.45. The Morgan fingerprint density at radius 2 is 2.08 bits per heavy atom. The molecule has 1 N–H and O–H groups in total. The number of allylic oxidation sites excluding steroid dienone is 1. The Labute approximate surface area is 145 Å². The number of rotatable bonds is 10. The van der Waals surface area contributed by atoms with Gasteiger partial charge in [-0.3, -0.25) is 0 Å². The van der Waals surface area contributed by atoms with Gasteiger partial charge in [0.25, 0.3) is 0 Å². The zero-order valence-electron chi connectivity index (χ0n) is 14.9. The van der Waals surface area contributed by atoms with Crippen molar-refractivity contribution in [2.45, 2.75) is 51.5 Å². The van der Waals surface area contributed by atoms with E-state index in [1.54, 1.807) is 0 Å². The van der Waals surface area contributed by atoms with Gasteiger partial charge in [0.1, 0.15) is 17.9 Å². The summed E-state index contributed by atoms with van der Waals surface area (Å²) in [5, 5.41) is 9.62. The molecular formula is C20H29NO3. The first-order chi connectivity index (χ1) is 11.5. The third kappa shape index (κ3) is 5.68. The van der Waals surface area contributed by atoms with Gasteiger partial charge < -0.3 is 14.6 Å². The lowest BCUT2D eigenvalue weighted by Gasteiger charge is -2.21. The van der Waals surface area contributed by atoms with Gasteiger partial charge in [-0.05, 0) is 56.7 Å². The van der Waals surface area contributed by atoms with Crippen LogP contribution < -0.4 is 4.74 Å². The minimum absolute atomic E-state index is 0.0235. The minimum Gasteiger partial charge on any atom is -0.494 e. The van der Waals surface area contributed by atoms with Gasteiger partial charge in [0.2, 0.25) is 0 Å². The molecule has 0 radical (unpaired) electrons. The van der Waals surface area contributed by atoms with E-state index in [4.69, 9.17) is 9.47 Å². The van der Waals surface area contributed by atoms with Gasteiger partial charge in [-0.25, -0.2) is 4.99 Å². The van der Waals surface area contributed by atoms with E-state index < -0.39 is 5.54 Å². The van der Waals surface area contributed by atoms with Crippen LogP contribution in [0, 0.1) is 0 Å². The van der Waals surface area contributed by atoms with E-state index in [0.717, 1.165) is 44.5 Å². The predicted molar refractivity (Wildman–Crippen MR) is 97.8 cm³/mol. The Bertz CT molecular complexity index is 565. The standard InChI is InChI=1S/C20H29NO3/c1-16(2)6-4-5-13-23-19-9-7-18(8-10-19)11-12-20(14-22)15-24-17(3)21-20/h7-10,22H,1,4-6,11-15H2,2-3H3. The molecule has 0 bridgehead atoms. The maximum atomic E-state index is 9.62. The molecule has 1 aliphatic heterocycles. The second-order valence-corrected chi connectivity index (χ2v) is 6.71. The van der Waals surface area contributed by atoms with E-state index in [1.807, 2.05) is 19.1 Å². The van der Waals surface area contributed by atoms with Crippen molar-refractivity contribution in [3.8, 4) is 5.75 Å². The number of benzene rings is 1. The highest BCUT2D eigenvalue weighted by Gasteiger charge is 2.34. The average molecular weight is 331 g/mol. The molecule has 1 atom stereocenters. The second kappa shape index (κ2) is 8.88. The first-order valence-electron chi connectivity index (χ1n) is 8.69. The average Bonchev–Trinajstić information content (AvgIpc) is 2.95. The van der Waals surface area contributed by atoms with Gasteiger partial charge in [-0.2, -0.15) is 0 Å². The molecule has 0 aliphatic carbocycles. The Hall–Kier alpha value is -1.81. The molecule has 4 nitrogen and oxygen atoms in total. The number of aliphatic imine (C=N–C) groups is 1. The molecule has 2 rings (SSSR count). The molecule has 1 aromatic carbocycles. The third-order valence-corrected chi connectivity index (χ3v) is 4.31. The van der Waals surface area contributed by atoms with Crippen LogP contribution in [0.3, 0.4) is 0 Å². The molecule has 1 aromatic rings. The van der Waals surface area contributed by atoms with Crippen LogP contribution in [0.4, 0.5) is 0 Å². The first kappa shape index (κ1) is 18.5. The summed E-state index contributed by atoms with van der Waals surface area (Å²) < 4.78 is 11.2. The highest BCUT2D eigenvalue weighted by molar-refractivity contribution is 5.75. The van der Waals surface area contributed by atoms with E-state index >= 15 is 0 Å². The fourth-order valence-corrected chi connectivity index (χ4v) is 2.77. The normalized spacial score (nSPS) is 19.7. The maximum Gasteiger partial charge on any atom is 0.180 e. The number of unbranched alkanes of at least 4 members (excludes halogenated alkanes) is 1. The summed E-state index contributed by atoms with van der Waals surface area (Å²) in [6.45, 7) is 9.04. The van der Waals surface area contributed by atoms with E-state index in [9.17, 15) is 5.11 Å². The van der Waals surface area contributed by atoms with Crippen molar-refractivity contribution < 1.29 is 14.6 Å². The molecule has 0 aromatic heterocycles. The molecule has 1 heterocycles. The summed E-state index contributed by atoms with van der Waals surface area (Å²) in [7, 11) is 0. The largest absolute Gasteiger partial charge is 0.494 e. The highest BCUT2D eigenvalue weighted by Crippen LogP contribution is 2.25. The molecule has 4 heteroatoms. The maximum absolute atomic E-state index is 9.62. The summed E-state index contributed by atoms with van der Waals surface area (Å²) in [5.41, 5.74) is 1.98. The first-order valence-corrected chi connectivity index (χ1v) is 8.69. The Morgan fingerprint density at radius 1 is 1.33 bits per heavy atom. The molecule has 1 unspecified atom stereocenters. The number of aryl methyl sites for hydroxylation is 1. The summed E-state index contributed by atoms with van der Waals surface area (Å²) in [6, 6.07) is 8.19. The van der Waals surface area contributed by atoms with Crippen LogP contribution in [0.15, 0.2) is 41.4 Å². The van der Waals surface area contributed by atoms with Gasteiger partial charge >= 0.3 is 0 Å². The summed E-state index contributed by atoms with van der Waals surface area (Å²) in [5.74, 6) is 1.57. The van der Waals surface area contributed by atoms with E-state index in [2.05, 4.69) is 30.6 Å².